The SMILES string of the molecule is O[C@H]1CCOC[C@@H]1Cc1cccc(Cl)c1. The first kappa shape index (κ1) is 10.9. The van der Waals surface area contributed by atoms with E-state index in [4.69, 9.17) is 16.3 Å². The van der Waals surface area contributed by atoms with Gasteiger partial charge in [-0.2, -0.15) is 0 Å². The number of benzene rings is 1. The van der Waals surface area contributed by atoms with E-state index < -0.39 is 0 Å². The van der Waals surface area contributed by atoms with Gasteiger partial charge in [-0.05, 0) is 30.5 Å². The van der Waals surface area contributed by atoms with Crippen molar-refractivity contribution in [3.05, 3.63) is 34.9 Å². The Kier molecular flexibility index (Phi) is 3.62. The molecule has 0 spiro atoms. The maximum Gasteiger partial charge on any atom is 0.0615 e. The van der Waals surface area contributed by atoms with Crippen LogP contribution in [0.3, 0.4) is 0 Å². The molecule has 0 aromatic heterocycles. The Bertz CT molecular complexity index is 327. The number of halogens is 1. The van der Waals surface area contributed by atoms with Crippen LogP contribution in [0, 0.1) is 5.92 Å². The Morgan fingerprint density at radius 3 is 3.07 bits per heavy atom. The van der Waals surface area contributed by atoms with Crippen molar-refractivity contribution in [3.8, 4) is 0 Å². The molecule has 1 N–H and O–H groups in total. The van der Waals surface area contributed by atoms with Gasteiger partial charge in [0.2, 0.25) is 0 Å². The summed E-state index contributed by atoms with van der Waals surface area (Å²) in [5.41, 5.74) is 1.16. The Morgan fingerprint density at radius 1 is 1.47 bits per heavy atom. The molecular weight excluding hydrogens is 212 g/mol. The maximum atomic E-state index is 9.79. The number of rotatable bonds is 2. The second-order valence-corrected chi connectivity index (χ2v) is 4.46. The first-order valence-corrected chi connectivity index (χ1v) is 5.64. The zero-order valence-electron chi connectivity index (χ0n) is 8.53. The number of ether oxygens (including phenoxy) is 1. The summed E-state index contributed by atoms with van der Waals surface area (Å²) >= 11 is 5.91. The zero-order chi connectivity index (χ0) is 10.7. The molecule has 82 valence electrons. The van der Waals surface area contributed by atoms with Crippen LogP contribution in [0.1, 0.15) is 12.0 Å². The normalized spacial score (nSPS) is 26.5. The van der Waals surface area contributed by atoms with E-state index in [2.05, 4.69) is 0 Å². The molecule has 2 atom stereocenters. The first-order valence-electron chi connectivity index (χ1n) is 5.26. The second-order valence-electron chi connectivity index (χ2n) is 4.03. The van der Waals surface area contributed by atoms with Gasteiger partial charge in [0.25, 0.3) is 0 Å². The molecule has 2 nitrogen and oxygen atoms in total. The van der Waals surface area contributed by atoms with E-state index in [-0.39, 0.29) is 12.0 Å². The minimum atomic E-state index is -0.238. The Morgan fingerprint density at radius 2 is 2.33 bits per heavy atom. The van der Waals surface area contributed by atoms with E-state index in [0.29, 0.717) is 13.2 Å². The standard InChI is InChI=1S/C12H15ClO2/c13-11-3-1-2-9(7-11)6-10-8-15-5-4-12(10)14/h1-3,7,10,12,14H,4-6,8H2/t10-,12-/m0/s1. The summed E-state index contributed by atoms with van der Waals surface area (Å²) in [6.07, 6.45) is 1.34. The van der Waals surface area contributed by atoms with E-state index >= 15 is 0 Å². The third-order valence-corrected chi connectivity index (χ3v) is 3.06. The number of aliphatic hydroxyl groups is 1. The summed E-state index contributed by atoms with van der Waals surface area (Å²) in [4.78, 5) is 0. The van der Waals surface area contributed by atoms with Crippen LogP contribution in [0.4, 0.5) is 0 Å². The van der Waals surface area contributed by atoms with E-state index in [1.54, 1.807) is 0 Å². The molecule has 15 heavy (non-hydrogen) atoms. The first-order chi connectivity index (χ1) is 7.25. The van der Waals surface area contributed by atoms with Gasteiger partial charge in [0.1, 0.15) is 0 Å². The van der Waals surface area contributed by atoms with E-state index in [1.807, 2.05) is 24.3 Å². The van der Waals surface area contributed by atoms with Gasteiger partial charge in [0.15, 0.2) is 0 Å². The van der Waals surface area contributed by atoms with Gasteiger partial charge in [-0.3, -0.25) is 0 Å². The van der Waals surface area contributed by atoms with Crippen molar-refractivity contribution >= 4 is 11.6 Å². The molecule has 3 heteroatoms. The molecule has 1 heterocycles. The highest BCUT2D eigenvalue weighted by Gasteiger charge is 2.23. The number of aliphatic hydroxyl groups excluding tert-OH is 1. The van der Waals surface area contributed by atoms with Crippen LogP contribution < -0.4 is 0 Å². The highest BCUT2D eigenvalue weighted by atomic mass is 35.5. The van der Waals surface area contributed by atoms with Crippen molar-refractivity contribution in [1.29, 1.82) is 0 Å². The van der Waals surface area contributed by atoms with E-state index in [0.717, 1.165) is 23.4 Å². The molecule has 2 rings (SSSR count). The van der Waals surface area contributed by atoms with Crippen molar-refractivity contribution < 1.29 is 9.84 Å². The Balaban J connectivity index is 2.01. The number of hydrogen-bond acceptors (Lipinski definition) is 2. The molecule has 0 bridgehead atoms. The summed E-state index contributed by atoms with van der Waals surface area (Å²) in [6.45, 7) is 1.32. The molecule has 1 fully saturated rings. The van der Waals surface area contributed by atoms with Gasteiger partial charge in [-0.1, -0.05) is 23.7 Å². The van der Waals surface area contributed by atoms with Crippen LogP contribution in [0.2, 0.25) is 5.02 Å². The molecule has 1 aliphatic rings. The van der Waals surface area contributed by atoms with Crippen molar-refractivity contribution in [3.63, 3.8) is 0 Å². The molecule has 0 saturated carbocycles. The van der Waals surface area contributed by atoms with Gasteiger partial charge in [0.05, 0.1) is 12.7 Å². The fraction of sp³-hybridized carbons (Fsp3) is 0.500. The van der Waals surface area contributed by atoms with Crippen LogP contribution in [0.5, 0.6) is 0 Å². The van der Waals surface area contributed by atoms with Crippen molar-refractivity contribution in [2.45, 2.75) is 18.9 Å². The van der Waals surface area contributed by atoms with Crippen LogP contribution >= 0.6 is 11.6 Å². The average molecular weight is 227 g/mol. The summed E-state index contributed by atoms with van der Waals surface area (Å²) in [5.74, 6) is 0.206. The van der Waals surface area contributed by atoms with Crippen LogP contribution in [0.15, 0.2) is 24.3 Å². The molecule has 1 aromatic rings. The third kappa shape index (κ3) is 2.94. The Hall–Kier alpha value is -0.570. The second kappa shape index (κ2) is 4.97. The lowest BCUT2D eigenvalue weighted by Gasteiger charge is -2.27. The average Bonchev–Trinajstić information content (AvgIpc) is 2.22. The highest BCUT2D eigenvalue weighted by molar-refractivity contribution is 6.30. The predicted molar refractivity (Wildman–Crippen MR) is 60.1 cm³/mol. The molecule has 0 amide bonds. The molecule has 1 aliphatic heterocycles. The Labute approximate surface area is 94.8 Å². The zero-order valence-corrected chi connectivity index (χ0v) is 9.28. The van der Waals surface area contributed by atoms with E-state index in [1.165, 1.54) is 0 Å². The smallest absolute Gasteiger partial charge is 0.0615 e. The third-order valence-electron chi connectivity index (χ3n) is 2.82. The molecule has 1 aromatic carbocycles. The lowest BCUT2D eigenvalue weighted by Crippen LogP contribution is -2.33. The van der Waals surface area contributed by atoms with Crippen molar-refractivity contribution in [2.24, 2.45) is 5.92 Å². The summed E-state index contributed by atoms with van der Waals surface area (Å²) in [5, 5.41) is 10.5. The topological polar surface area (TPSA) is 29.5 Å². The highest BCUT2D eigenvalue weighted by Crippen LogP contribution is 2.21. The molecule has 0 unspecified atom stereocenters. The minimum Gasteiger partial charge on any atom is -0.393 e. The maximum absolute atomic E-state index is 9.79. The molecule has 1 saturated heterocycles. The summed E-state index contributed by atoms with van der Waals surface area (Å²) < 4.78 is 5.36. The van der Waals surface area contributed by atoms with Gasteiger partial charge in [-0.25, -0.2) is 0 Å². The lowest BCUT2D eigenvalue weighted by molar-refractivity contribution is -0.0350. The quantitative estimate of drug-likeness (QED) is 0.839. The molecule has 0 radical (unpaired) electrons. The van der Waals surface area contributed by atoms with Gasteiger partial charge in [-0.15, -0.1) is 0 Å². The number of hydrogen-bond donors (Lipinski definition) is 1. The van der Waals surface area contributed by atoms with Crippen LogP contribution in [-0.4, -0.2) is 24.4 Å². The van der Waals surface area contributed by atoms with Gasteiger partial charge < -0.3 is 9.84 Å². The summed E-state index contributed by atoms with van der Waals surface area (Å²) in [6, 6.07) is 7.78. The van der Waals surface area contributed by atoms with Crippen molar-refractivity contribution in [1.82, 2.24) is 0 Å². The molecular formula is C12H15ClO2. The van der Waals surface area contributed by atoms with Crippen molar-refractivity contribution in [2.75, 3.05) is 13.2 Å². The molecule has 0 aliphatic carbocycles. The fourth-order valence-electron chi connectivity index (χ4n) is 1.95. The van der Waals surface area contributed by atoms with Gasteiger partial charge >= 0.3 is 0 Å². The predicted octanol–water partition coefficient (Wildman–Crippen LogP) is 2.28. The minimum absolute atomic E-state index is 0.206. The monoisotopic (exact) mass is 226 g/mol. The van der Waals surface area contributed by atoms with Crippen LogP contribution in [0.25, 0.3) is 0 Å². The van der Waals surface area contributed by atoms with E-state index in [9.17, 15) is 5.11 Å². The lowest BCUT2D eigenvalue weighted by atomic mass is 9.92. The fourth-order valence-corrected chi connectivity index (χ4v) is 2.16. The summed E-state index contributed by atoms with van der Waals surface area (Å²) in [7, 11) is 0. The largest absolute Gasteiger partial charge is 0.393 e. The van der Waals surface area contributed by atoms with Gasteiger partial charge in [0, 0.05) is 17.5 Å². The van der Waals surface area contributed by atoms with Crippen LogP contribution in [-0.2, 0) is 11.2 Å².